The summed E-state index contributed by atoms with van der Waals surface area (Å²) in [5.74, 6) is -0.985. The number of carboxylic acids is 1. The van der Waals surface area contributed by atoms with Crippen molar-refractivity contribution in [1.29, 1.82) is 0 Å². The predicted molar refractivity (Wildman–Crippen MR) is 63.6 cm³/mol. The minimum absolute atomic E-state index is 0.00366. The second kappa shape index (κ2) is 6.44. The van der Waals surface area contributed by atoms with Gasteiger partial charge in [0.15, 0.2) is 0 Å². The van der Waals surface area contributed by atoms with Crippen LogP contribution in [-0.2, 0) is 4.79 Å². The van der Waals surface area contributed by atoms with Gasteiger partial charge in [0, 0.05) is 19.1 Å². The van der Waals surface area contributed by atoms with E-state index in [4.69, 9.17) is 10.8 Å². The van der Waals surface area contributed by atoms with Crippen LogP contribution in [0.5, 0.6) is 0 Å². The average molecular weight is 243 g/mol. The molecule has 1 rings (SSSR count). The summed E-state index contributed by atoms with van der Waals surface area (Å²) in [4.78, 5) is 24.3. The topological polar surface area (TPSA) is 95.7 Å². The molecule has 0 aromatic heterocycles. The number of likely N-dealkylation sites (tertiary alicyclic amines) is 1. The molecule has 98 valence electrons. The van der Waals surface area contributed by atoms with Crippen LogP contribution in [0.4, 0.5) is 4.79 Å². The fourth-order valence-electron chi connectivity index (χ4n) is 1.98. The average Bonchev–Trinajstić information content (AvgIpc) is 2.28. The van der Waals surface area contributed by atoms with Crippen molar-refractivity contribution >= 4 is 12.0 Å². The number of nitrogens with zero attached hydrogens (tertiary/aromatic N) is 1. The summed E-state index contributed by atoms with van der Waals surface area (Å²) in [6.45, 7) is 3.04. The van der Waals surface area contributed by atoms with E-state index in [1.54, 1.807) is 4.90 Å². The highest BCUT2D eigenvalue weighted by molar-refractivity contribution is 5.82. The van der Waals surface area contributed by atoms with Gasteiger partial charge in [0.2, 0.25) is 0 Å². The molecule has 1 aliphatic rings. The monoisotopic (exact) mass is 243 g/mol. The van der Waals surface area contributed by atoms with Gasteiger partial charge < -0.3 is 21.1 Å². The maximum atomic E-state index is 11.8. The fraction of sp³-hybridized carbons (Fsp3) is 0.818. The molecule has 0 aromatic carbocycles. The van der Waals surface area contributed by atoms with Crippen molar-refractivity contribution in [2.24, 2.45) is 5.73 Å². The summed E-state index contributed by atoms with van der Waals surface area (Å²) in [7, 11) is 0. The molecule has 2 atom stereocenters. The zero-order valence-electron chi connectivity index (χ0n) is 10.2. The number of hydrogen-bond donors (Lipinski definition) is 3. The Kier molecular flexibility index (Phi) is 5.21. The number of carboxylic acid groups (broad SMARTS) is 1. The third kappa shape index (κ3) is 4.22. The zero-order chi connectivity index (χ0) is 12.8. The molecule has 0 aromatic rings. The van der Waals surface area contributed by atoms with Gasteiger partial charge in [-0.15, -0.1) is 0 Å². The van der Waals surface area contributed by atoms with Crippen LogP contribution >= 0.6 is 0 Å². The van der Waals surface area contributed by atoms with E-state index < -0.39 is 12.0 Å². The lowest BCUT2D eigenvalue weighted by atomic mass is 10.1. The molecule has 17 heavy (non-hydrogen) atoms. The van der Waals surface area contributed by atoms with Crippen LogP contribution in [0, 0.1) is 0 Å². The quantitative estimate of drug-likeness (QED) is 0.664. The Morgan fingerprint density at radius 3 is 2.82 bits per heavy atom. The van der Waals surface area contributed by atoms with Crippen LogP contribution in [0.1, 0.15) is 32.6 Å². The summed E-state index contributed by atoms with van der Waals surface area (Å²) in [6, 6.07) is -1.12. The maximum Gasteiger partial charge on any atom is 0.326 e. The Bertz CT molecular complexity index is 283. The van der Waals surface area contributed by atoms with Crippen molar-refractivity contribution in [3.63, 3.8) is 0 Å². The molecule has 0 bridgehead atoms. The first-order valence-electron chi connectivity index (χ1n) is 6.08. The Morgan fingerprint density at radius 1 is 1.59 bits per heavy atom. The zero-order valence-corrected chi connectivity index (χ0v) is 10.2. The lowest BCUT2D eigenvalue weighted by Gasteiger charge is -2.31. The fourth-order valence-corrected chi connectivity index (χ4v) is 1.98. The summed E-state index contributed by atoms with van der Waals surface area (Å²) in [5, 5.41) is 11.5. The Labute approximate surface area is 101 Å². The second-order valence-corrected chi connectivity index (χ2v) is 4.48. The largest absolute Gasteiger partial charge is 0.480 e. The van der Waals surface area contributed by atoms with E-state index in [-0.39, 0.29) is 12.1 Å². The molecular formula is C11H21N3O3. The van der Waals surface area contributed by atoms with Crippen LogP contribution in [0.3, 0.4) is 0 Å². The van der Waals surface area contributed by atoms with Gasteiger partial charge >= 0.3 is 12.0 Å². The highest BCUT2D eigenvalue weighted by Gasteiger charge is 2.25. The van der Waals surface area contributed by atoms with E-state index in [0.717, 1.165) is 19.3 Å². The molecule has 4 N–H and O–H groups in total. The predicted octanol–water partition coefficient (Wildman–Crippen LogP) is 0.372. The summed E-state index contributed by atoms with van der Waals surface area (Å²) < 4.78 is 0. The second-order valence-electron chi connectivity index (χ2n) is 4.48. The summed E-state index contributed by atoms with van der Waals surface area (Å²) in [6.07, 6.45) is 2.96. The highest BCUT2D eigenvalue weighted by Crippen LogP contribution is 2.09. The summed E-state index contributed by atoms with van der Waals surface area (Å²) >= 11 is 0. The normalized spacial score (nSPS) is 22.0. The number of amides is 2. The van der Waals surface area contributed by atoms with Crippen molar-refractivity contribution in [1.82, 2.24) is 10.2 Å². The third-order valence-corrected chi connectivity index (χ3v) is 2.92. The Hall–Kier alpha value is -1.30. The highest BCUT2D eigenvalue weighted by atomic mass is 16.4. The van der Waals surface area contributed by atoms with Crippen molar-refractivity contribution in [3.05, 3.63) is 0 Å². The standard InChI is InChI=1S/C11H21N3O3/c1-2-4-9(10(15)16)13-11(17)14-6-3-5-8(12)7-14/h8-9H,2-7,12H2,1H3,(H,13,17)(H,15,16)/t8?,9-/m1/s1. The maximum absolute atomic E-state index is 11.8. The van der Waals surface area contributed by atoms with Gasteiger partial charge in [-0.25, -0.2) is 9.59 Å². The molecule has 1 fully saturated rings. The van der Waals surface area contributed by atoms with Crippen LogP contribution in [0.2, 0.25) is 0 Å². The van der Waals surface area contributed by atoms with Crippen LogP contribution in [0.15, 0.2) is 0 Å². The van der Waals surface area contributed by atoms with Crippen molar-refractivity contribution in [3.8, 4) is 0 Å². The minimum Gasteiger partial charge on any atom is -0.480 e. The first kappa shape index (κ1) is 13.8. The molecule has 0 aliphatic carbocycles. The first-order valence-corrected chi connectivity index (χ1v) is 6.08. The molecule has 0 radical (unpaired) electrons. The van der Waals surface area contributed by atoms with Crippen LogP contribution in [-0.4, -0.2) is 47.2 Å². The molecule has 0 spiro atoms. The van der Waals surface area contributed by atoms with Gasteiger partial charge in [0.05, 0.1) is 0 Å². The van der Waals surface area contributed by atoms with E-state index in [1.165, 1.54) is 0 Å². The van der Waals surface area contributed by atoms with Gasteiger partial charge in [-0.3, -0.25) is 0 Å². The molecule has 1 saturated heterocycles. The number of rotatable bonds is 4. The van der Waals surface area contributed by atoms with Crippen molar-refractivity contribution in [2.75, 3.05) is 13.1 Å². The van der Waals surface area contributed by atoms with E-state index >= 15 is 0 Å². The van der Waals surface area contributed by atoms with Crippen LogP contribution in [0.25, 0.3) is 0 Å². The minimum atomic E-state index is -0.985. The van der Waals surface area contributed by atoms with Gasteiger partial charge in [-0.1, -0.05) is 13.3 Å². The number of hydrogen-bond acceptors (Lipinski definition) is 3. The van der Waals surface area contributed by atoms with Crippen molar-refractivity contribution < 1.29 is 14.7 Å². The van der Waals surface area contributed by atoms with Gasteiger partial charge in [-0.05, 0) is 19.3 Å². The molecule has 1 heterocycles. The number of aliphatic carboxylic acids is 1. The number of nitrogens with one attached hydrogen (secondary N) is 1. The van der Waals surface area contributed by atoms with Gasteiger partial charge in [-0.2, -0.15) is 0 Å². The first-order chi connectivity index (χ1) is 8.04. The lowest BCUT2D eigenvalue weighted by Crippen LogP contribution is -2.53. The Balaban J connectivity index is 2.48. The number of carbonyl (C=O) groups is 2. The molecule has 6 nitrogen and oxygen atoms in total. The number of nitrogens with two attached hydrogens (primary N) is 1. The molecule has 1 aliphatic heterocycles. The van der Waals surface area contributed by atoms with E-state index in [2.05, 4.69) is 5.32 Å². The third-order valence-electron chi connectivity index (χ3n) is 2.92. The van der Waals surface area contributed by atoms with E-state index in [1.807, 2.05) is 6.92 Å². The molecule has 2 amide bonds. The smallest absolute Gasteiger partial charge is 0.326 e. The van der Waals surface area contributed by atoms with E-state index in [9.17, 15) is 9.59 Å². The number of urea groups is 1. The Morgan fingerprint density at radius 2 is 2.29 bits per heavy atom. The number of carbonyl (C=O) groups excluding carboxylic acids is 1. The van der Waals surface area contributed by atoms with Crippen molar-refractivity contribution in [2.45, 2.75) is 44.7 Å². The lowest BCUT2D eigenvalue weighted by molar-refractivity contribution is -0.139. The molecule has 6 heteroatoms. The van der Waals surface area contributed by atoms with Gasteiger partial charge in [0.1, 0.15) is 6.04 Å². The molecule has 0 saturated carbocycles. The number of piperidine rings is 1. The van der Waals surface area contributed by atoms with Crippen LogP contribution < -0.4 is 11.1 Å². The SMILES string of the molecule is CCC[C@@H](NC(=O)N1CCCC(N)C1)C(=O)O. The summed E-state index contributed by atoms with van der Waals surface area (Å²) in [5.41, 5.74) is 5.77. The molecular weight excluding hydrogens is 222 g/mol. The van der Waals surface area contributed by atoms with E-state index in [0.29, 0.717) is 19.5 Å². The molecule has 1 unspecified atom stereocenters. The van der Waals surface area contributed by atoms with Gasteiger partial charge in [0.25, 0.3) is 0 Å².